The molecule has 218 valence electrons. The molecule has 2 aromatic heterocycles. The van der Waals surface area contributed by atoms with E-state index in [9.17, 15) is 24.5 Å². The van der Waals surface area contributed by atoms with E-state index in [1.54, 1.807) is 55.8 Å². The topological polar surface area (TPSA) is 162 Å². The molecule has 0 bridgehead atoms. The van der Waals surface area contributed by atoms with Gasteiger partial charge >= 0.3 is 6.09 Å². The number of nitrogens with one attached hydrogen (secondary N) is 1. The van der Waals surface area contributed by atoms with Crippen molar-refractivity contribution in [3.8, 4) is 5.75 Å². The number of rotatable bonds is 9. The number of hydrogen-bond donors (Lipinski definition) is 1. The third-order valence-electron chi connectivity index (χ3n) is 6.67. The summed E-state index contributed by atoms with van der Waals surface area (Å²) in [5.41, 5.74) is 1.42. The van der Waals surface area contributed by atoms with Crippen LogP contribution in [-0.2, 0) is 16.1 Å². The van der Waals surface area contributed by atoms with Gasteiger partial charge in [0.2, 0.25) is 5.91 Å². The van der Waals surface area contributed by atoms with Gasteiger partial charge in [-0.2, -0.15) is 5.10 Å². The Morgan fingerprint density at radius 1 is 1.12 bits per heavy atom. The number of nitrogens with zero attached hydrogens (tertiary/aromatic N) is 5. The number of amides is 3. The average Bonchev–Trinajstić information content (AvgIpc) is 3.58. The summed E-state index contributed by atoms with van der Waals surface area (Å²) in [7, 11) is 0. The van der Waals surface area contributed by atoms with Crippen LogP contribution in [0, 0.1) is 24.0 Å². The predicted molar refractivity (Wildman–Crippen MR) is 146 cm³/mol. The number of aromatic nitrogens is 2. The summed E-state index contributed by atoms with van der Waals surface area (Å²) >= 11 is 0. The fraction of sp³-hybridized carbons (Fsp3) is 0.407. The Balaban J connectivity index is 1.32. The molecular formula is C27H32N6O8. The smallest absolute Gasteiger partial charge is 0.409 e. The minimum Gasteiger partial charge on any atom is -0.486 e. The van der Waals surface area contributed by atoms with Gasteiger partial charge in [0.05, 0.1) is 22.9 Å². The Labute approximate surface area is 235 Å². The maximum atomic E-state index is 13.1. The molecule has 3 amide bonds. The summed E-state index contributed by atoms with van der Waals surface area (Å²) in [6, 6.07) is 6.92. The maximum Gasteiger partial charge on any atom is 0.409 e. The van der Waals surface area contributed by atoms with E-state index in [4.69, 9.17) is 13.9 Å². The Hall–Kier alpha value is -4.88. The molecule has 0 saturated carbocycles. The molecule has 1 aromatic carbocycles. The van der Waals surface area contributed by atoms with Gasteiger partial charge in [-0.3, -0.25) is 24.4 Å². The lowest BCUT2D eigenvalue weighted by Gasteiger charge is -2.35. The van der Waals surface area contributed by atoms with Gasteiger partial charge in [0.15, 0.2) is 5.76 Å². The normalized spacial score (nSPS) is 14.0. The molecule has 1 atom stereocenters. The Bertz CT molecular complexity index is 1440. The van der Waals surface area contributed by atoms with Crippen molar-refractivity contribution in [3.63, 3.8) is 0 Å². The molecule has 0 radical (unpaired) electrons. The Morgan fingerprint density at radius 2 is 1.83 bits per heavy atom. The molecule has 1 aliphatic heterocycles. The lowest BCUT2D eigenvalue weighted by atomic mass is 10.2. The highest BCUT2D eigenvalue weighted by atomic mass is 16.6. The highest BCUT2D eigenvalue weighted by Crippen LogP contribution is 2.24. The summed E-state index contributed by atoms with van der Waals surface area (Å²) in [4.78, 5) is 51.6. The number of anilines is 1. The van der Waals surface area contributed by atoms with Gasteiger partial charge in [0.25, 0.3) is 11.6 Å². The number of nitro benzene ring substituents is 1. The molecule has 1 N–H and O–H groups in total. The number of nitro groups is 1. The second kappa shape index (κ2) is 12.5. The quantitative estimate of drug-likeness (QED) is 0.300. The number of benzene rings is 1. The van der Waals surface area contributed by atoms with Crippen LogP contribution in [0.5, 0.6) is 5.75 Å². The van der Waals surface area contributed by atoms with Crippen LogP contribution in [-0.4, -0.2) is 75.2 Å². The van der Waals surface area contributed by atoms with Crippen molar-refractivity contribution in [2.75, 3.05) is 38.1 Å². The molecule has 1 fully saturated rings. The van der Waals surface area contributed by atoms with Crippen LogP contribution in [0.15, 0.2) is 40.9 Å². The molecule has 14 nitrogen and oxygen atoms in total. The van der Waals surface area contributed by atoms with E-state index in [0.29, 0.717) is 61.2 Å². The van der Waals surface area contributed by atoms with E-state index >= 15 is 0 Å². The van der Waals surface area contributed by atoms with E-state index in [1.807, 2.05) is 0 Å². The van der Waals surface area contributed by atoms with E-state index in [1.165, 1.54) is 22.9 Å². The Kier molecular flexibility index (Phi) is 8.90. The minimum atomic E-state index is -0.621. The maximum absolute atomic E-state index is 13.1. The first kappa shape index (κ1) is 29.1. The molecule has 41 heavy (non-hydrogen) atoms. The number of aryl methyl sites for hydroxylation is 2. The summed E-state index contributed by atoms with van der Waals surface area (Å²) < 4.78 is 17.8. The van der Waals surface area contributed by atoms with E-state index in [-0.39, 0.29) is 30.1 Å². The van der Waals surface area contributed by atoms with Crippen molar-refractivity contribution in [1.82, 2.24) is 19.6 Å². The van der Waals surface area contributed by atoms with Crippen molar-refractivity contribution in [2.45, 2.75) is 40.3 Å². The second-order valence-electron chi connectivity index (χ2n) is 9.51. The fourth-order valence-electron chi connectivity index (χ4n) is 4.34. The van der Waals surface area contributed by atoms with Gasteiger partial charge in [0.1, 0.15) is 24.2 Å². The van der Waals surface area contributed by atoms with Crippen molar-refractivity contribution in [1.29, 1.82) is 0 Å². The monoisotopic (exact) mass is 568 g/mol. The van der Waals surface area contributed by atoms with Crippen LogP contribution < -0.4 is 10.1 Å². The first-order chi connectivity index (χ1) is 19.6. The van der Waals surface area contributed by atoms with Crippen molar-refractivity contribution >= 4 is 29.3 Å². The largest absolute Gasteiger partial charge is 0.486 e. The molecule has 1 aliphatic rings. The van der Waals surface area contributed by atoms with E-state index in [2.05, 4.69) is 10.4 Å². The van der Waals surface area contributed by atoms with Crippen molar-refractivity contribution in [3.05, 3.63) is 69.4 Å². The zero-order valence-electron chi connectivity index (χ0n) is 23.3. The SMILES string of the molecule is CCOC(=O)N1CCN(C(=O)C(C)n2cc(NC(=O)c3ccc(COc4ccc([N+](=O)[O-])c(C)c4)o3)c(C)n2)CC1. The average molecular weight is 569 g/mol. The number of hydrogen-bond acceptors (Lipinski definition) is 9. The molecule has 3 aromatic rings. The van der Waals surface area contributed by atoms with Gasteiger partial charge in [-0.25, -0.2) is 4.79 Å². The minimum absolute atomic E-state index is 0.000510. The number of ether oxygens (including phenoxy) is 2. The molecule has 0 aliphatic carbocycles. The fourth-order valence-corrected chi connectivity index (χ4v) is 4.34. The number of carbonyl (C=O) groups is 3. The number of piperazine rings is 1. The van der Waals surface area contributed by atoms with Gasteiger partial charge in [-0.05, 0) is 52.0 Å². The lowest BCUT2D eigenvalue weighted by molar-refractivity contribution is -0.385. The zero-order valence-corrected chi connectivity index (χ0v) is 23.3. The molecule has 14 heteroatoms. The first-order valence-electron chi connectivity index (χ1n) is 13.1. The predicted octanol–water partition coefficient (Wildman–Crippen LogP) is 3.69. The molecule has 3 heterocycles. The Morgan fingerprint density at radius 3 is 2.49 bits per heavy atom. The van der Waals surface area contributed by atoms with Crippen LogP contribution in [0.25, 0.3) is 0 Å². The zero-order chi connectivity index (χ0) is 29.7. The summed E-state index contributed by atoms with van der Waals surface area (Å²) in [6.45, 7) is 8.69. The van der Waals surface area contributed by atoms with Crippen LogP contribution in [0.2, 0.25) is 0 Å². The second-order valence-corrected chi connectivity index (χ2v) is 9.51. The highest BCUT2D eigenvalue weighted by Gasteiger charge is 2.29. The highest BCUT2D eigenvalue weighted by molar-refractivity contribution is 6.02. The molecule has 1 unspecified atom stereocenters. The van der Waals surface area contributed by atoms with E-state index in [0.717, 1.165) is 0 Å². The van der Waals surface area contributed by atoms with Gasteiger partial charge < -0.3 is 29.0 Å². The van der Waals surface area contributed by atoms with Gasteiger partial charge in [-0.15, -0.1) is 0 Å². The van der Waals surface area contributed by atoms with Crippen LogP contribution in [0.4, 0.5) is 16.2 Å². The third-order valence-corrected chi connectivity index (χ3v) is 6.67. The van der Waals surface area contributed by atoms with Crippen molar-refractivity contribution < 1.29 is 33.2 Å². The van der Waals surface area contributed by atoms with Crippen molar-refractivity contribution in [2.24, 2.45) is 0 Å². The van der Waals surface area contributed by atoms with Gasteiger partial charge in [-0.1, -0.05) is 0 Å². The molecular weight excluding hydrogens is 536 g/mol. The van der Waals surface area contributed by atoms with Gasteiger partial charge in [0, 0.05) is 44.0 Å². The standard InChI is InChI=1S/C27H32N6O8/c1-5-39-27(36)31-12-10-30(11-13-31)26(35)19(4)32-15-22(18(3)29-32)28-25(34)24-9-7-21(41-24)16-40-20-6-8-23(33(37)38)17(2)14-20/h6-9,14-15,19H,5,10-13,16H2,1-4H3,(H,28,34). The van der Waals surface area contributed by atoms with Crippen LogP contribution in [0.3, 0.4) is 0 Å². The number of furan rings is 1. The molecule has 4 rings (SSSR count). The lowest BCUT2D eigenvalue weighted by Crippen LogP contribution is -2.52. The number of carbonyl (C=O) groups excluding carboxylic acids is 3. The first-order valence-corrected chi connectivity index (χ1v) is 13.1. The summed E-state index contributed by atoms with van der Waals surface area (Å²) in [6.07, 6.45) is 1.21. The summed E-state index contributed by atoms with van der Waals surface area (Å²) in [5, 5.41) is 18.2. The molecule has 0 spiro atoms. The van der Waals surface area contributed by atoms with E-state index < -0.39 is 16.9 Å². The van der Waals surface area contributed by atoms with Crippen LogP contribution >= 0.6 is 0 Å². The molecule has 1 saturated heterocycles. The van der Waals surface area contributed by atoms with Crippen LogP contribution in [0.1, 0.15) is 47.5 Å². The summed E-state index contributed by atoms with van der Waals surface area (Å²) in [5.74, 6) is 0.232. The third kappa shape index (κ3) is 6.83.